The van der Waals surface area contributed by atoms with Gasteiger partial charge in [0.25, 0.3) is 0 Å². The molecule has 0 saturated heterocycles. The van der Waals surface area contributed by atoms with Gasteiger partial charge in [-0.25, -0.2) is 9.67 Å². The molecular weight excluding hydrogens is 258 g/mol. The second-order valence-corrected chi connectivity index (χ2v) is 4.91. The van der Waals surface area contributed by atoms with E-state index in [1.54, 1.807) is 22.5 Å². The number of nitrogens with zero attached hydrogens (tertiary/aromatic N) is 3. The van der Waals surface area contributed by atoms with Crippen molar-refractivity contribution in [1.29, 1.82) is 0 Å². The summed E-state index contributed by atoms with van der Waals surface area (Å²) in [6.07, 6.45) is 1.64. The zero-order chi connectivity index (χ0) is 13.2. The highest BCUT2D eigenvalue weighted by Gasteiger charge is 2.18. The smallest absolute Gasteiger partial charge is 0.223 e. The molecule has 3 aromatic rings. The minimum atomic E-state index is -0.0404. The van der Waals surface area contributed by atoms with Crippen LogP contribution in [0.15, 0.2) is 48.1 Å². The molecule has 0 spiro atoms. The summed E-state index contributed by atoms with van der Waals surface area (Å²) in [5, 5.41) is 4.23. The molecule has 19 heavy (non-hydrogen) atoms. The van der Waals surface area contributed by atoms with Crippen LogP contribution in [0, 0.1) is 6.92 Å². The molecule has 0 fully saturated rings. The SMILES string of the molecule is Cc1ncsc1C(=O)c1ccnn1-c1ccccc1. The molecule has 0 N–H and O–H groups in total. The summed E-state index contributed by atoms with van der Waals surface area (Å²) >= 11 is 1.36. The Morgan fingerprint density at radius 2 is 2.00 bits per heavy atom. The average molecular weight is 269 g/mol. The minimum absolute atomic E-state index is 0.0404. The normalized spacial score (nSPS) is 10.6. The highest BCUT2D eigenvalue weighted by molar-refractivity contribution is 7.12. The molecule has 0 bridgehead atoms. The monoisotopic (exact) mass is 269 g/mol. The van der Waals surface area contributed by atoms with Crippen molar-refractivity contribution < 1.29 is 4.79 Å². The number of aromatic nitrogens is 3. The molecule has 0 saturated carbocycles. The zero-order valence-electron chi connectivity index (χ0n) is 10.3. The third-order valence-corrected chi connectivity index (χ3v) is 3.76. The largest absolute Gasteiger partial charge is 0.286 e. The Bertz CT molecular complexity index is 715. The second-order valence-electron chi connectivity index (χ2n) is 4.06. The number of para-hydroxylation sites is 1. The lowest BCUT2D eigenvalue weighted by Gasteiger charge is -2.05. The van der Waals surface area contributed by atoms with Crippen molar-refractivity contribution in [3.05, 3.63) is 64.4 Å². The number of carbonyl (C=O) groups is 1. The van der Waals surface area contributed by atoms with E-state index in [9.17, 15) is 4.79 Å². The number of rotatable bonds is 3. The van der Waals surface area contributed by atoms with Gasteiger partial charge in [0, 0.05) is 0 Å². The van der Waals surface area contributed by atoms with Crippen molar-refractivity contribution >= 4 is 17.1 Å². The van der Waals surface area contributed by atoms with Crippen LogP contribution < -0.4 is 0 Å². The molecule has 1 aromatic carbocycles. The Labute approximate surface area is 114 Å². The van der Waals surface area contributed by atoms with E-state index in [2.05, 4.69) is 10.1 Å². The molecule has 0 atom stereocenters. The van der Waals surface area contributed by atoms with E-state index in [1.165, 1.54) is 11.3 Å². The topological polar surface area (TPSA) is 47.8 Å². The maximum Gasteiger partial charge on any atom is 0.223 e. The number of hydrogen-bond acceptors (Lipinski definition) is 4. The lowest BCUT2D eigenvalue weighted by molar-refractivity contribution is 0.103. The summed E-state index contributed by atoms with van der Waals surface area (Å²) in [4.78, 5) is 17.3. The minimum Gasteiger partial charge on any atom is -0.286 e. The maximum atomic E-state index is 12.5. The van der Waals surface area contributed by atoms with Gasteiger partial charge < -0.3 is 0 Å². The first kappa shape index (κ1) is 11.8. The maximum absolute atomic E-state index is 12.5. The first-order valence-electron chi connectivity index (χ1n) is 5.81. The molecule has 2 aromatic heterocycles. The van der Waals surface area contributed by atoms with Gasteiger partial charge in [0.15, 0.2) is 0 Å². The fourth-order valence-corrected chi connectivity index (χ4v) is 2.64. The molecule has 94 valence electrons. The summed E-state index contributed by atoms with van der Waals surface area (Å²) in [5.74, 6) is -0.0404. The summed E-state index contributed by atoms with van der Waals surface area (Å²) in [6, 6.07) is 11.3. The molecule has 0 radical (unpaired) electrons. The number of carbonyl (C=O) groups excluding carboxylic acids is 1. The van der Waals surface area contributed by atoms with Gasteiger partial charge in [0.2, 0.25) is 5.78 Å². The molecule has 5 heteroatoms. The highest BCUT2D eigenvalue weighted by Crippen LogP contribution is 2.19. The fraction of sp³-hybridized carbons (Fsp3) is 0.0714. The lowest BCUT2D eigenvalue weighted by Crippen LogP contribution is -2.09. The van der Waals surface area contributed by atoms with Crippen LogP contribution in [0.4, 0.5) is 0 Å². The van der Waals surface area contributed by atoms with Gasteiger partial charge in [0.05, 0.1) is 28.0 Å². The second kappa shape index (κ2) is 4.78. The zero-order valence-corrected chi connectivity index (χ0v) is 11.1. The van der Waals surface area contributed by atoms with Crippen molar-refractivity contribution in [3.8, 4) is 5.69 Å². The van der Waals surface area contributed by atoms with Crippen LogP contribution in [-0.4, -0.2) is 20.5 Å². The average Bonchev–Trinajstić information content (AvgIpc) is 3.07. The molecule has 3 rings (SSSR count). The standard InChI is InChI=1S/C14H11N3OS/c1-10-14(19-9-15-10)13(18)12-7-8-16-17(12)11-5-3-2-4-6-11/h2-9H,1H3. The van der Waals surface area contributed by atoms with E-state index in [4.69, 9.17) is 0 Å². The first-order chi connectivity index (χ1) is 9.27. The predicted octanol–water partition coefficient (Wildman–Crippen LogP) is 2.87. The lowest BCUT2D eigenvalue weighted by atomic mass is 10.2. The van der Waals surface area contributed by atoms with Gasteiger partial charge in [-0.15, -0.1) is 11.3 Å². The third kappa shape index (κ3) is 2.08. The Morgan fingerprint density at radius 3 is 2.68 bits per heavy atom. The number of ketones is 1. The quantitative estimate of drug-likeness (QED) is 0.687. The van der Waals surface area contributed by atoms with E-state index >= 15 is 0 Å². The summed E-state index contributed by atoms with van der Waals surface area (Å²) in [5.41, 5.74) is 3.87. The third-order valence-electron chi connectivity index (χ3n) is 2.83. The van der Waals surface area contributed by atoms with Gasteiger partial charge in [-0.2, -0.15) is 5.10 Å². The van der Waals surface area contributed by atoms with Crippen LogP contribution in [0.5, 0.6) is 0 Å². The van der Waals surface area contributed by atoms with Gasteiger partial charge in [-0.3, -0.25) is 4.79 Å². The number of hydrogen-bond donors (Lipinski definition) is 0. The van der Waals surface area contributed by atoms with E-state index in [-0.39, 0.29) is 5.78 Å². The molecule has 0 amide bonds. The molecule has 0 aliphatic rings. The van der Waals surface area contributed by atoms with Crippen LogP contribution in [0.2, 0.25) is 0 Å². The van der Waals surface area contributed by atoms with Crippen molar-refractivity contribution in [3.63, 3.8) is 0 Å². The Balaban J connectivity index is 2.06. The molecule has 2 heterocycles. The molecule has 0 aliphatic carbocycles. The molecular formula is C14H11N3OS. The van der Waals surface area contributed by atoms with Crippen LogP contribution in [-0.2, 0) is 0 Å². The Hall–Kier alpha value is -2.27. The Morgan fingerprint density at radius 1 is 1.21 bits per heavy atom. The summed E-state index contributed by atoms with van der Waals surface area (Å²) in [6.45, 7) is 1.84. The van der Waals surface area contributed by atoms with E-state index in [1.807, 2.05) is 37.3 Å². The van der Waals surface area contributed by atoms with Crippen LogP contribution in [0.3, 0.4) is 0 Å². The number of benzene rings is 1. The van der Waals surface area contributed by atoms with Gasteiger partial charge in [-0.05, 0) is 25.1 Å². The number of thiazole rings is 1. The number of aryl methyl sites for hydroxylation is 1. The van der Waals surface area contributed by atoms with Gasteiger partial charge in [-0.1, -0.05) is 18.2 Å². The van der Waals surface area contributed by atoms with Crippen LogP contribution in [0.25, 0.3) is 5.69 Å². The van der Waals surface area contributed by atoms with E-state index in [0.29, 0.717) is 10.6 Å². The van der Waals surface area contributed by atoms with E-state index < -0.39 is 0 Å². The van der Waals surface area contributed by atoms with Crippen molar-refractivity contribution in [2.24, 2.45) is 0 Å². The van der Waals surface area contributed by atoms with Crippen LogP contribution in [0.1, 0.15) is 21.1 Å². The predicted molar refractivity (Wildman–Crippen MR) is 73.8 cm³/mol. The van der Waals surface area contributed by atoms with E-state index in [0.717, 1.165) is 11.4 Å². The molecule has 4 nitrogen and oxygen atoms in total. The highest BCUT2D eigenvalue weighted by atomic mass is 32.1. The van der Waals surface area contributed by atoms with Crippen molar-refractivity contribution in [2.45, 2.75) is 6.92 Å². The van der Waals surface area contributed by atoms with Gasteiger partial charge in [0.1, 0.15) is 5.69 Å². The fourth-order valence-electron chi connectivity index (χ4n) is 1.89. The van der Waals surface area contributed by atoms with Crippen molar-refractivity contribution in [1.82, 2.24) is 14.8 Å². The Kier molecular flexibility index (Phi) is 2.97. The summed E-state index contributed by atoms with van der Waals surface area (Å²) < 4.78 is 1.65. The summed E-state index contributed by atoms with van der Waals surface area (Å²) in [7, 11) is 0. The first-order valence-corrected chi connectivity index (χ1v) is 6.69. The molecule has 0 unspecified atom stereocenters. The van der Waals surface area contributed by atoms with Crippen LogP contribution >= 0.6 is 11.3 Å². The molecule has 0 aliphatic heterocycles. The van der Waals surface area contributed by atoms with Gasteiger partial charge >= 0.3 is 0 Å². The van der Waals surface area contributed by atoms with Crippen molar-refractivity contribution in [2.75, 3.05) is 0 Å².